The molecule has 1 heterocycles. The highest BCUT2D eigenvalue weighted by atomic mass is 16.2. The third-order valence-corrected chi connectivity index (χ3v) is 3.77. The zero-order chi connectivity index (χ0) is 13.0. The predicted octanol–water partition coefficient (Wildman–Crippen LogP) is 1.12. The zero-order valence-electron chi connectivity index (χ0n) is 10.9. The van der Waals surface area contributed by atoms with Crippen LogP contribution in [0.3, 0.4) is 0 Å². The molecule has 2 rings (SSSR count). The fourth-order valence-corrected chi connectivity index (χ4v) is 2.77. The lowest BCUT2D eigenvalue weighted by molar-refractivity contribution is -0.138. The number of rotatable bonds is 5. The van der Waals surface area contributed by atoms with Crippen molar-refractivity contribution >= 4 is 5.91 Å². The van der Waals surface area contributed by atoms with Gasteiger partial charge in [-0.1, -0.05) is 13.0 Å². The van der Waals surface area contributed by atoms with E-state index in [1.165, 1.54) is 0 Å². The number of carbonyl (C=O) groups is 1. The lowest BCUT2D eigenvalue weighted by Gasteiger charge is -2.44. The van der Waals surface area contributed by atoms with Gasteiger partial charge in [0.25, 0.3) is 0 Å². The van der Waals surface area contributed by atoms with Crippen LogP contribution in [-0.4, -0.2) is 24.0 Å². The van der Waals surface area contributed by atoms with Crippen molar-refractivity contribution in [3.8, 4) is 0 Å². The molecule has 0 bridgehead atoms. The van der Waals surface area contributed by atoms with Gasteiger partial charge in [0.2, 0.25) is 5.91 Å². The largest absolute Gasteiger partial charge is 0.355 e. The fraction of sp³-hybridized carbons (Fsp3) is 0.571. The Kier molecular flexibility index (Phi) is 3.97. The molecule has 1 aromatic heterocycles. The van der Waals surface area contributed by atoms with Crippen LogP contribution < -0.4 is 11.1 Å². The fourth-order valence-electron chi connectivity index (χ4n) is 2.77. The van der Waals surface area contributed by atoms with E-state index in [-0.39, 0.29) is 11.3 Å². The van der Waals surface area contributed by atoms with E-state index in [4.69, 9.17) is 5.73 Å². The van der Waals surface area contributed by atoms with Crippen molar-refractivity contribution in [2.75, 3.05) is 13.1 Å². The minimum Gasteiger partial charge on any atom is -0.355 e. The topological polar surface area (TPSA) is 68.0 Å². The van der Waals surface area contributed by atoms with E-state index in [0.29, 0.717) is 19.0 Å². The van der Waals surface area contributed by atoms with Crippen molar-refractivity contribution < 1.29 is 4.79 Å². The molecule has 0 saturated heterocycles. The van der Waals surface area contributed by atoms with Gasteiger partial charge in [-0.25, -0.2) is 0 Å². The minimum atomic E-state index is -0.297. The van der Waals surface area contributed by atoms with Gasteiger partial charge in [0.15, 0.2) is 0 Å². The van der Waals surface area contributed by atoms with Crippen LogP contribution in [0.1, 0.15) is 25.3 Å². The molecule has 3 N–H and O–H groups in total. The average molecular weight is 247 g/mol. The first-order valence-corrected chi connectivity index (χ1v) is 6.53. The van der Waals surface area contributed by atoms with Gasteiger partial charge in [0, 0.05) is 25.5 Å². The van der Waals surface area contributed by atoms with Crippen molar-refractivity contribution in [3.63, 3.8) is 0 Å². The standard InChI is InChI=1S/C14H21N3O/c1-11-7-14(8-11,10-15)13(18)17-6-4-12-3-2-5-16-9-12/h2-3,5,9,11H,4,6-8,10,15H2,1H3,(H,17,18). The molecule has 0 spiro atoms. The summed E-state index contributed by atoms with van der Waals surface area (Å²) in [5.41, 5.74) is 6.59. The van der Waals surface area contributed by atoms with Crippen LogP contribution in [0.15, 0.2) is 24.5 Å². The van der Waals surface area contributed by atoms with Crippen LogP contribution in [0, 0.1) is 11.3 Å². The number of carbonyl (C=O) groups excluding carboxylic acids is 1. The maximum absolute atomic E-state index is 12.1. The molecule has 0 aromatic carbocycles. The number of aromatic nitrogens is 1. The van der Waals surface area contributed by atoms with E-state index in [2.05, 4.69) is 17.2 Å². The highest BCUT2D eigenvalue weighted by Crippen LogP contribution is 2.44. The molecule has 4 nitrogen and oxygen atoms in total. The molecular formula is C14H21N3O. The summed E-state index contributed by atoms with van der Waals surface area (Å²) in [7, 11) is 0. The summed E-state index contributed by atoms with van der Waals surface area (Å²) in [6.45, 7) is 3.27. The zero-order valence-corrected chi connectivity index (χ0v) is 10.9. The quantitative estimate of drug-likeness (QED) is 0.819. The molecule has 1 aliphatic rings. The maximum atomic E-state index is 12.1. The Morgan fingerprint density at radius 1 is 1.61 bits per heavy atom. The van der Waals surface area contributed by atoms with Crippen LogP contribution >= 0.6 is 0 Å². The second-order valence-corrected chi connectivity index (χ2v) is 5.37. The Labute approximate surface area is 108 Å². The molecule has 1 saturated carbocycles. The summed E-state index contributed by atoms with van der Waals surface area (Å²) >= 11 is 0. The van der Waals surface area contributed by atoms with Gasteiger partial charge in [0.1, 0.15) is 0 Å². The molecule has 1 fully saturated rings. The molecule has 1 aliphatic carbocycles. The number of hydrogen-bond acceptors (Lipinski definition) is 3. The number of nitrogens with zero attached hydrogens (tertiary/aromatic N) is 1. The number of nitrogens with two attached hydrogens (primary N) is 1. The maximum Gasteiger partial charge on any atom is 0.227 e. The first-order valence-electron chi connectivity index (χ1n) is 6.53. The Morgan fingerprint density at radius 2 is 2.39 bits per heavy atom. The molecule has 4 heteroatoms. The number of hydrogen-bond donors (Lipinski definition) is 2. The summed E-state index contributed by atoms with van der Waals surface area (Å²) in [5, 5.41) is 3.00. The summed E-state index contributed by atoms with van der Waals surface area (Å²) in [4.78, 5) is 16.2. The van der Waals surface area contributed by atoms with Crippen LogP contribution in [0.2, 0.25) is 0 Å². The summed E-state index contributed by atoms with van der Waals surface area (Å²) in [6.07, 6.45) is 6.23. The Balaban J connectivity index is 1.78. The van der Waals surface area contributed by atoms with Gasteiger partial charge in [-0.15, -0.1) is 0 Å². The molecule has 0 radical (unpaired) electrons. The summed E-state index contributed by atoms with van der Waals surface area (Å²) in [5.74, 6) is 0.740. The molecular weight excluding hydrogens is 226 g/mol. The minimum absolute atomic E-state index is 0.118. The van der Waals surface area contributed by atoms with E-state index in [1.54, 1.807) is 6.20 Å². The van der Waals surface area contributed by atoms with Gasteiger partial charge < -0.3 is 11.1 Å². The van der Waals surface area contributed by atoms with E-state index in [0.717, 1.165) is 24.8 Å². The third-order valence-electron chi connectivity index (χ3n) is 3.77. The second kappa shape index (κ2) is 5.48. The first kappa shape index (κ1) is 13.0. The molecule has 0 unspecified atom stereocenters. The summed E-state index contributed by atoms with van der Waals surface area (Å²) < 4.78 is 0. The number of nitrogens with one attached hydrogen (secondary N) is 1. The number of amides is 1. The van der Waals surface area contributed by atoms with E-state index >= 15 is 0 Å². The number of pyridine rings is 1. The smallest absolute Gasteiger partial charge is 0.227 e. The van der Waals surface area contributed by atoms with Crippen LogP contribution in [0.4, 0.5) is 0 Å². The second-order valence-electron chi connectivity index (χ2n) is 5.37. The average Bonchev–Trinajstić information content (AvgIpc) is 2.36. The highest BCUT2D eigenvalue weighted by molar-refractivity contribution is 5.83. The molecule has 0 atom stereocenters. The first-order chi connectivity index (χ1) is 8.66. The van der Waals surface area contributed by atoms with E-state index in [1.807, 2.05) is 18.3 Å². The van der Waals surface area contributed by atoms with Crippen LogP contribution in [0.25, 0.3) is 0 Å². The van der Waals surface area contributed by atoms with Gasteiger partial charge in [-0.3, -0.25) is 9.78 Å². The SMILES string of the molecule is CC1CC(CN)(C(=O)NCCc2cccnc2)C1. The van der Waals surface area contributed by atoms with Crippen LogP contribution in [-0.2, 0) is 11.2 Å². The Bertz CT molecular complexity index is 399. The van der Waals surface area contributed by atoms with Gasteiger partial charge in [0.05, 0.1) is 5.41 Å². The van der Waals surface area contributed by atoms with Crippen molar-refractivity contribution in [1.29, 1.82) is 0 Å². The monoisotopic (exact) mass is 247 g/mol. The normalized spacial score (nSPS) is 26.4. The van der Waals surface area contributed by atoms with E-state index in [9.17, 15) is 4.79 Å². The molecule has 1 amide bonds. The van der Waals surface area contributed by atoms with E-state index < -0.39 is 0 Å². The van der Waals surface area contributed by atoms with Crippen molar-refractivity contribution in [1.82, 2.24) is 10.3 Å². The van der Waals surface area contributed by atoms with Crippen molar-refractivity contribution in [3.05, 3.63) is 30.1 Å². The van der Waals surface area contributed by atoms with Crippen molar-refractivity contribution in [2.45, 2.75) is 26.2 Å². The Hall–Kier alpha value is -1.42. The molecule has 18 heavy (non-hydrogen) atoms. The summed E-state index contributed by atoms with van der Waals surface area (Å²) in [6, 6.07) is 3.93. The van der Waals surface area contributed by atoms with Crippen molar-refractivity contribution in [2.24, 2.45) is 17.1 Å². The van der Waals surface area contributed by atoms with Gasteiger partial charge in [-0.2, -0.15) is 0 Å². The lowest BCUT2D eigenvalue weighted by Crippen LogP contribution is -2.53. The lowest BCUT2D eigenvalue weighted by atomic mass is 9.62. The van der Waals surface area contributed by atoms with Crippen LogP contribution in [0.5, 0.6) is 0 Å². The van der Waals surface area contributed by atoms with Gasteiger partial charge >= 0.3 is 0 Å². The molecule has 0 aliphatic heterocycles. The third kappa shape index (κ3) is 2.70. The molecule has 98 valence electrons. The molecule has 1 aromatic rings. The Morgan fingerprint density at radius 3 is 2.94 bits per heavy atom. The van der Waals surface area contributed by atoms with Gasteiger partial charge in [-0.05, 0) is 36.8 Å². The highest BCUT2D eigenvalue weighted by Gasteiger charge is 2.46. The predicted molar refractivity (Wildman–Crippen MR) is 70.8 cm³/mol.